The van der Waals surface area contributed by atoms with Gasteiger partial charge in [0.25, 0.3) is 0 Å². The number of ether oxygens (including phenoxy) is 2. The van der Waals surface area contributed by atoms with Crippen LogP contribution in [0.25, 0.3) is 0 Å². The van der Waals surface area contributed by atoms with Crippen molar-refractivity contribution in [1.82, 2.24) is 0 Å². The summed E-state index contributed by atoms with van der Waals surface area (Å²) in [6.07, 6.45) is 10.0. The minimum atomic E-state index is -0.568. The summed E-state index contributed by atoms with van der Waals surface area (Å²) in [6, 6.07) is 0. The quantitative estimate of drug-likeness (QED) is 0.544. The number of ketones is 1. The molecule has 0 aliphatic carbocycles. The van der Waals surface area contributed by atoms with Gasteiger partial charge in [-0.05, 0) is 25.2 Å². The van der Waals surface area contributed by atoms with E-state index in [-0.39, 0.29) is 17.7 Å². The van der Waals surface area contributed by atoms with E-state index in [1.54, 1.807) is 0 Å². The Kier molecular flexibility index (Phi) is 10.1. The smallest absolute Gasteiger partial charge is 0.316 e. The van der Waals surface area contributed by atoms with Crippen LogP contribution in [0.5, 0.6) is 0 Å². The third-order valence-corrected chi connectivity index (χ3v) is 4.46. The maximum atomic E-state index is 12.4. The second-order valence-electron chi connectivity index (χ2n) is 6.52. The molecule has 2 unspecified atom stereocenters. The van der Waals surface area contributed by atoms with Gasteiger partial charge in [-0.25, -0.2) is 0 Å². The Hall–Kier alpha value is -0.900. The molecule has 1 aliphatic rings. The van der Waals surface area contributed by atoms with Gasteiger partial charge < -0.3 is 9.47 Å². The minimum Gasteiger partial charge on any atom is -0.468 e. The van der Waals surface area contributed by atoms with Gasteiger partial charge in [-0.1, -0.05) is 45.4 Å². The fraction of sp³-hybridized carbons (Fsp3) is 0.889. The fourth-order valence-electron chi connectivity index (χ4n) is 2.96. The van der Waals surface area contributed by atoms with E-state index >= 15 is 0 Å². The molecule has 0 spiro atoms. The highest BCUT2D eigenvalue weighted by Crippen LogP contribution is 2.20. The van der Waals surface area contributed by atoms with Crippen molar-refractivity contribution in [1.29, 1.82) is 0 Å². The van der Waals surface area contributed by atoms with Crippen LogP contribution in [0, 0.1) is 11.8 Å². The third-order valence-electron chi connectivity index (χ3n) is 4.46. The van der Waals surface area contributed by atoms with Crippen LogP contribution < -0.4 is 0 Å². The van der Waals surface area contributed by atoms with E-state index in [1.165, 1.54) is 32.8 Å². The Morgan fingerprint density at radius 1 is 1.00 bits per heavy atom. The maximum Gasteiger partial charge on any atom is 0.316 e. The Bertz CT molecular complexity index is 327. The number of methoxy groups -OCH3 is 1. The zero-order valence-electron chi connectivity index (χ0n) is 14.3. The van der Waals surface area contributed by atoms with Crippen molar-refractivity contribution in [2.45, 2.75) is 71.1 Å². The first-order valence-corrected chi connectivity index (χ1v) is 8.83. The molecular formula is C18H32O4. The van der Waals surface area contributed by atoms with Crippen LogP contribution in [0.15, 0.2) is 0 Å². The van der Waals surface area contributed by atoms with Gasteiger partial charge in [-0.15, -0.1) is 0 Å². The molecule has 128 valence electrons. The van der Waals surface area contributed by atoms with Crippen LogP contribution in [-0.2, 0) is 19.1 Å². The topological polar surface area (TPSA) is 52.6 Å². The lowest BCUT2D eigenvalue weighted by Gasteiger charge is -2.17. The first-order chi connectivity index (χ1) is 10.6. The lowest BCUT2D eigenvalue weighted by atomic mass is 9.90. The van der Waals surface area contributed by atoms with Gasteiger partial charge in [0.2, 0.25) is 0 Å². The Morgan fingerprint density at radius 2 is 1.64 bits per heavy atom. The van der Waals surface area contributed by atoms with Crippen molar-refractivity contribution in [2.24, 2.45) is 11.8 Å². The molecule has 0 N–H and O–H groups in total. The standard InChI is InChI=1S/C18H32O4/c1-15-11-13-22-12-9-7-5-3-4-6-8-10-16(17(19)14-15)18(20)21-2/h15-16H,3-14H2,1-2H3. The van der Waals surface area contributed by atoms with Crippen molar-refractivity contribution in [2.75, 3.05) is 20.3 Å². The van der Waals surface area contributed by atoms with Crippen LogP contribution in [0.2, 0.25) is 0 Å². The minimum absolute atomic E-state index is 0.0337. The second kappa shape index (κ2) is 11.6. The second-order valence-corrected chi connectivity index (χ2v) is 6.52. The van der Waals surface area contributed by atoms with E-state index < -0.39 is 5.92 Å². The molecule has 0 bridgehead atoms. The summed E-state index contributed by atoms with van der Waals surface area (Å²) < 4.78 is 10.4. The zero-order valence-corrected chi connectivity index (χ0v) is 14.3. The molecular weight excluding hydrogens is 280 g/mol. The Morgan fingerprint density at radius 3 is 2.32 bits per heavy atom. The summed E-state index contributed by atoms with van der Waals surface area (Å²) in [7, 11) is 1.37. The van der Waals surface area contributed by atoms with Gasteiger partial charge in [-0.3, -0.25) is 9.59 Å². The molecule has 1 heterocycles. The van der Waals surface area contributed by atoms with E-state index in [0.29, 0.717) is 19.4 Å². The van der Waals surface area contributed by atoms with Crippen molar-refractivity contribution in [3.8, 4) is 0 Å². The lowest BCUT2D eigenvalue weighted by Crippen LogP contribution is -2.27. The molecule has 0 aromatic heterocycles. The molecule has 0 saturated carbocycles. The highest BCUT2D eigenvalue weighted by molar-refractivity contribution is 5.98. The molecule has 1 fully saturated rings. The Labute approximate surface area is 134 Å². The van der Waals surface area contributed by atoms with Crippen LogP contribution in [0.4, 0.5) is 0 Å². The molecule has 0 aromatic rings. The summed E-state index contributed by atoms with van der Waals surface area (Å²) in [5.74, 6) is -0.644. The van der Waals surface area contributed by atoms with Crippen molar-refractivity contribution < 1.29 is 19.1 Å². The first-order valence-electron chi connectivity index (χ1n) is 8.83. The number of carbonyl (C=O) groups excluding carboxylic acids is 2. The van der Waals surface area contributed by atoms with Gasteiger partial charge in [-0.2, -0.15) is 0 Å². The lowest BCUT2D eigenvalue weighted by molar-refractivity contribution is -0.150. The fourth-order valence-corrected chi connectivity index (χ4v) is 2.96. The van der Waals surface area contributed by atoms with Crippen molar-refractivity contribution >= 4 is 11.8 Å². The van der Waals surface area contributed by atoms with E-state index in [4.69, 9.17) is 9.47 Å². The average Bonchev–Trinajstić information content (AvgIpc) is 2.50. The number of Topliss-reactive ketones (excluding diaryl/α,β-unsaturated/α-hetero) is 1. The predicted molar refractivity (Wildman–Crippen MR) is 86.7 cm³/mol. The molecule has 4 heteroatoms. The summed E-state index contributed by atoms with van der Waals surface area (Å²) in [5, 5.41) is 0. The SMILES string of the molecule is COC(=O)C1CCCCCCCCCOCCC(C)CC1=O. The van der Waals surface area contributed by atoms with Crippen molar-refractivity contribution in [3.63, 3.8) is 0 Å². The van der Waals surface area contributed by atoms with Gasteiger partial charge in [0.15, 0.2) is 0 Å². The van der Waals surface area contributed by atoms with E-state index in [9.17, 15) is 9.59 Å². The number of hydrogen-bond acceptors (Lipinski definition) is 4. The average molecular weight is 312 g/mol. The molecule has 2 atom stereocenters. The Balaban J connectivity index is 2.54. The summed E-state index contributed by atoms with van der Waals surface area (Å²) in [4.78, 5) is 24.2. The number of esters is 1. The third kappa shape index (κ3) is 7.92. The van der Waals surface area contributed by atoms with Crippen LogP contribution >= 0.6 is 0 Å². The summed E-state index contributed by atoms with van der Waals surface area (Å²) in [5.41, 5.74) is 0. The molecule has 0 aromatic carbocycles. The zero-order chi connectivity index (χ0) is 16.2. The number of hydrogen-bond donors (Lipinski definition) is 0. The van der Waals surface area contributed by atoms with Gasteiger partial charge in [0, 0.05) is 19.6 Å². The van der Waals surface area contributed by atoms with E-state index in [2.05, 4.69) is 6.92 Å². The normalized spacial score (nSPS) is 27.3. The first kappa shape index (κ1) is 19.1. The number of rotatable bonds is 1. The van der Waals surface area contributed by atoms with Crippen LogP contribution in [-0.4, -0.2) is 32.1 Å². The number of carbonyl (C=O) groups is 2. The van der Waals surface area contributed by atoms with Gasteiger partial charge in [0.1, 0.15) is 11.7 Å². The summed E-state index contributed by atoms with van der Waals surface area (Å²) in [6.45, 7) is 3.58. The summed E-state index contributed by atoms with van der Waals surface area (Å²) >= 11 is 0. The highest BCUT2D eigenvalue weighted by atomic mass is 16.5. The molecule has 4 nitrogen and oxygen atoms in total. The van der Waals surface area contributed by atoms with Gasteiger partial charge in [0.05, 0.1) is 7.11 Å². The molecule has 22 heavy (non-hydrogen) atoms. The van der Waals surface area contributed by atoms with Crippen LogP contribution in [0.1, 0.15) is 71.1 Å². The van der Waals surface area contributed by atoms with E-state index in [0.717, 1.165) is 32.3 Å². The van der Waals surface area contributed by atoms with E-state index in [1.807, 2.05) is 0 Å². The predicted octanol–water partition coefficient (Wildman–Crippen LogP) is 3.91. The molecule has 0 amide bonds. The molecule has 1 saturated heterocycles. The molecule has 1 aliphatic heterocycles. The van der Waals surface area contributed by atoms with Crippen molar-refractivity contribution in [3.05, 3.63) is 0 Å². The molecule has 0 radical (unpaired) electrons. The molecule has 1 rings (SSSR count). The van der Waals surface area contributed by atoms with Crippen LogP contribution in [0.3, 0.4) is 0 Å². The maximum absolute atomic E-state index is 12.4. The van der Waals surface area contributed by atoms with Gasteiger partial charge >= 0.3 is 5.97 Å². The largest absolute Gasteiger partial charge is 0.468 e. The highest BCUT2D eigenvalue weighted by Gasteiger charge is 2.27. The monoisotopic (exact) mass is 312 g/mol.